The second-order valence-electron chi connectivity index (χ2n) is 5.86. The summed E-state index contributed by atoms with van der Waals surface area (Å²) in [5, 5.41) is 6.46. The molecular formula is C14H26N2O2. The lowest BCUT2D eigenvalue weighted by atomic mass is 9.66. The molecular weight excluding hydrogens is 228 g/mol. The van der Waals surface area contributed by atoms with Crippen molar-refractivity contribution in [3.05, 3.63) is 0 Å². The van der Waals surface area contributed by atoms with E-state index in [4.69, 9.17) is 4.74 Å². The summed E-state index contributed by atoms with van der Waals surface area (Å²) in [5.41, 5.74) is 0.327. The van der Waals surface area contributed by atoms with Crippen LogP contribution in [0.5, 0.6) is 0 Å². The van der Waals surface area contributed by atoms with Crippen LogP contribution in [0.15, 0.2) is 0 Å². The molecule has 4 heteroatoms. The molecule has 104 valence electrons. The Labute approximate surface area is 110 Å². The smallest absolute Gasteiger partial charge is 0.224 e. The van der Waals surface area contributed by atoms with Crippen LogP contribution in [0.1, 0.15) is 38.5 Å². The highest BCUT2D eigenvalue weighted by Gasteiger charge is 2.37. The SMILES string of the molecule is COCCC1(CNC(=O)C2CCCNC2)CCC1. The topological polar surface area (TPSA) is 50.4 Å². The first kappa shape index (κ1) is 13.8. The van der Waals surface area contributed by atoms with Crippen LogP contribution in [0.2, 0.25) is 0 Å². The minimum atomic E-state index is 0.179. The van der Waals surface area contributed by atoms with Gasteiger partial charge in [-0.3, -0.25) is 4.79 Å². The summed E-state index contributed by atoms with van der Waals surface area (Å²) in [6, 6.07) is 0. The van der Waals surface area contributed by atoms with E-state index in [1.165, 1.54) is 19.3 Å². The van der Waals surface area contributed by atoms with Gasteiger partial charge < -0.3 is 15.4 Å². The van der Waals surface area contributed by atoms with Gasteiger partial charge in [-0.2, -0.15) is 0 Å². The number of methoxy groups -OCH3 is 1. The molecule has 0 radical (unpaired) electrons. The van der Waals surface area contributed by atoms with Crippen molar-refractivity contribution in [2.24, 2.45) is 11.3 Å². The largest absolute Gasteiger partial charge is 0.385 e. The Hall–Kier alpha value is -0.610. The van der Waals surface area contributed by atoms with Crippen LogP contribution in [0, 0.1) is 11.3 Å². The predicted molar refractivity (Wildman–Crippen MR) is 71.4 cm³/mol. The molecule has 2 fully saturated rings. The van der Waals surface area contributed by atoms with E-state index in [0.29, 0.717) is 5.41 Å². The van der Waals surface area contributed by atoms with Crippen molar-refractivity contribution in [3.63, 3.8) is 0 Å². The number of rotatable bonds is 6. The van der Waals surface area contributed by atoms with E-state index in [-0.39, 0.29) is 11.8 Å². The molecule has 0 bridgehead atoms. The Morgan fingerprint density at radius 2 is 2.28 bits per heavy atom. The molecule has 2 N–H and O–H groups in total. The molecule has 2 aliphatic rings. The van der Waals surface area contributed by atoms with Gasteiger partial charge in [0.05, 0.1) is 5.92 Å². The van der Waals surface area contributed by atoms with Crippen LogP contribution in [0.4, 0.5) is 0 Å². The van der Waals surface area contributed by atoms with Gasteiger partial charge in [0.2, 0.25) is 5.91 Å². The molecule has 0 spiro atoms. The second-order valence-corrected chi connectivity index (χ2v) is 5.86. The van der Waals surface area contributed by atoms with Gasteiger partial charge in [-0.1, -0.05) is 6.42 Å². The number of carbonyl (C=O) groups excluding carboxylic acids is 1. The van der Waals surface area contributed by atoms with Gasteiger partial charge in [-0.25, -0.2) is 0 Å². The van der Waals surface area contributed by atoms with E-state index >= 15 is 0 Å². The fourth-order valence-corrected chi connectivity index (χ4v) is 3.01. The molecule has 1 aliphatic heterocycles. The van der Waals surface area contributed by atoms with E-state index in [1.807, 2.05) is 0 Å². The number of hydrogen-bond donors (Lipinski definition) is 2. The third-order valence-corrected chi connectivity index (χ3v) is 4.56. The molecule has 0 aromatic rings. The standard InChI is InChI=1S/C14H26N2O2/c1-18-9-7-14(5-3-6-14)11-16-13(17)12-4-2-8-15-10-12/h12,15H,2-11H2,1H3,(H,16,17). The summed E-state index contributed by atoms with van der Waals surface area (Å²) in [4.78, 5) is 12.1. The lowest BCUT2D eigenvalue weighted by molar-refractivity contribution is -0.126. The number of nitrogens with one attached hydrogen (secondary N) is 2. The number of amides is 1. The van der Waals surface area contributed by atoms with E-state index in [2.05, 4.69) is 10.6 Å². The van der Waals surface area contributed by atoms with Crippen molar-refractivity contribution in [3.8, 4) is 0 Å². The summed E-state index contributed by atoms with van der Waals surface area (Å²) in [5.74, 6) is 0.421. The maximum atomic E-state index is 12.1. The zero-order valence-electron chi connectivity index (χ0n) is 11.5. The number of piperidine rings is 1. The van der Waals surface area contributed by atoms with Gasteiger partial charge in [0.25, 0.3) is 0 Å². The molecule has 4 nitrogen and oxygen atoms in total. The van der Waals surface area contributed by atoms with Crippen molar-refractivity contribution in [1.29, 1.82) is 0 Å². The number of ether oxygens (including phenoxy) is 1. The summed E-state index contributed by atoms with van der Waals surface area (Å²) in [7, 11) is 1.75. The van der Waals surface area contributed by atoms with Crippen molar-refractivity contribution < 1.29 is 9.53 Å². The first-order valence-electron chi connectivity index (χ1n) is 7.23. The molecule has 1 amide bonds. The van der Waals surface area contributed by atoms with Crippen LogP contribution in [-0.4, -0.2) is 39.3 Å². The Bertz CT molecular complexity index is 271. The Kier molecular flexibility index (Phi) is 5.01. The normalized spacial score (nSPS) is 26.4. The molecule has 1 aliphatic carbocycles. The lowest BCUT2D eigenvalue weighted by Gasteiger charge is -2.42. The van der Waals surface area contributed by atoms with E-state index < -0.39 is 0 Å². The fourth-order valence-electron chi connectivity index (χ4n) is 3.01. The summed E-state index contributed by atoms with van der Waals surface area (Å²) in [6.45, 7) is 3.55. The quantitative estimate of drug-likeness (QED) is 0.751. The molecule has 1 atom stereocenters. The Morgan fingerprint density at radius 3 is 2.83 bits per heavy atom. The fraction of sp³-hybridized carbons (Fsp3) is 0.929. The molecule has 0 aromatic carbocycles. The number of hydrogen-bond acceptors (Lipinski definition) is 3. The van der Waals surface area contributed by atoms with Gasteiger partial charge >= 0.3 is 0 Å². The van der Waals surface area contributed by atoms with Crippen molar-refractivity contribution in [1.82, 2.24) is 10.6 Å². The van der Waals surface area contributed by atoms with Crippen LogP contribution in [0.25, 0.3) is 0 Å². The minimum Gasteiger partial charge on any atom is -0.385 e. The van der Waals surface area contributed by atoms with Gasteiger partial charge in [0.1, 0.15) is 0 Å². The highest BCUT2D eigenvalue weighted by Crippen LogP contribution is 2.43. The van der Waals surface area contributed by atoms with Gasteiger partial charge in [0, 0.05) is 26.8 Å². The molecule has 1 unspecified atom stereocenters. The average Bonchev–Trinajstić information content (AvgIpc) is 2.38. The zero-order chi connectivity index (χ0) is 12.8. The monoisotopic (exact) mass is 254 g/mol. The Morgan fingerprint density at radius 1 is 1.44 bits per heavy atom. The maximum Gasteiger partial charge on any atom is 0.224 e. The third-order valence-electron chi connectivity index (χ3n) is 4.56. The Balaban J connectivity index is 1.73. The van der Waals surface area contributed by atoms with Crippen LogP contribution < -0.4 is 10.6 Å². The minimum absolute atomic E-state index is 0.179. The van der Waals surface area contributed by atoms with E-state index in [1.54, 1.807) is 7.11 Å². The third kappa shape index (κ3) is 3.45. The molecule has 1 saturated heterocycles. The first-order valence-corrected chi connectivity index (χ1v) is 7.23. The van der Waals surface area contributed by atoms with Crippen molar-refractivity contribution in [2.45, 2.75) is 38.5 Å². The van der Waals surface area contributed by atoms with Crippen molar-refractivity contribution in [2.75, 3.05) is 33.4 Å². The highest BCUT2D eigenvalue weighted by atomic mass is 16.5. The molecule has 1 saturated carbocycles. The van der Waals surface area contributed by atoms with Crippen molar-refractivity contribution >= 4 is 5.91 Å². The molecule has 2 rings (SSSR count). The molecule has 0 aromatic heterocycles. The molecule has 1 heterocycles. The van der Waals surface area contributed by atoms with E-state index in [0.717, 1.165) is 45.5 Å². The highest BCUT2D eigenvalue weighted by molar-refractivity contribution is 5.79. The summed E-state index contributed by atoms with van der Waals surface area (Å²) in [6.07, 6.45) is 6.99. The van der Waals surface area contributed by atoms with Crippen LogP contribution in [-0.2, 0) is 9.53 Å². The summed E-state index contributed by atoms with van der Waals surface area (Å²) < 4.78 is 5.17. The number of carbonyl (C=O) groups is 1. The molecule has 18 heavy (non-hydrogen) atoms. The van der Waals surface area contributed by atoms with Crippen LogP contribution >= 0.6 is 0 Å². The average molecular weight is 254 g/mol. The maximum absolute atomic E-state index is 12.1. The van der Waals surface area contributed by atoms with Gasteiger partial charge in [0.15, 0.2) is 0 Å². The van der Waals surface area contributed by atoms with Gasteiger partial charge in [-0.05, 0) is 44.1 Å². The predicted octanol–water partition coefficient (Wildman–Crippen LogP) is 1.31. The zero-order valence-corrected chi connectivity index (χ0v) is 11.5. The van der Waals surface area contributed by atoms with E-state index in [9.17, 15) is 4.79 Å². The van der Waals surface area contributed by atoms with Crippen LogP contribution in [0.3, 0.4) is 0 Å². The lowest BCUT2D eigenvalue weighted by Crippen LogP contribution is -2.47. The summed E-state index contributed by atoms with van der Waals surface area (Å²) >= 11 is 0. The second kappa shape index (κ2) is 6.53. The van der Waals surface area contributed by atoms with Gasteiger partial charge in [-0.15, -0.1) is 0 Å². The first-order chi connectivity index (χ1) is 8.76.